The molecule has 0 radical (unpaired) electrons. The minimum absolute atomic E-state index is 0.283. The summed E-state index contributed by atoms with van der Waals surface area (Å²) in [6.07, 6.45) is 0. The fourth-order valence-corrected chi connectivity index (χ4v) is 1.98. The van der Waals surface area contributed by atoms with Gasteiger partial charge in [0.25, 0.3) is 0 Å². The molecule has 92 valence electrons. The van der Waals surface area contributed by atoms with E-state index in [9.17, 15) is 0 Å². The minimum atomic E-state index is -0.283. The normalized spacial score (nSPS) is 11.6. The molecule has 0 saturated carbocycles. The SMILES string of the molecule is Cc1ccc(CN(C)CC(C)(C)C#N)cc1C. The molecule has 0 aromatic heterocycles. The Bertz CT molecular complexity index is 427. The minimum Gasteiger partial charge on any atom is -0.301 e. The fourth-order valence-electron chi connectivity index (χ4n) is 1.98. The molecule has 1 rings (SSSR count). The maximum atomic E-state index is 9.01. The lowest BCUT2D eigenvalue weighted by atomic mass is 9.95. The van der Waals surface area contributed by atoms with Gasteiger partial charge in [0.2, 0.25) is 0 Å². The molecule has 0 aliphatic heterocycles. The first-order chi connectivity index (χ1) is 7.84. The van der Waals surface area contributed by atoms with Crippen LogP contribution in [-0.2, 0) is 6.54 Å². The van der Waals surface area contributed by atoms with E-state index < -0.39 is 0 Å². The van der Waals surface area contributed by atoms with Crippen molar-refractivity contribution in [3.8, 4) is 6.07 Å². The summed E-state index contributed by atoms with van der Waals surface area (Å²) in [4.78, 5) is 2.20. The fraction of sp³-hybridized carbons (Fsp3) is 0.533. The maximum absolute atomic E-state index is 9.01. The average molecular weight is 230 g/mol. The number of nitriles is 1. The van der Waals surface area contributed by atoms with Crippen LogP contribution in [0.2, 0.25) is 0 Å². The van der Waals surface area contributed by atoms with Crippen molar-refractivity contribution < 1.29 is 0 Å². The second kappa shape index (κ2) is 5.33. The van der Waals surface area contributed by atoms with E-state index in [0.717, 1.165) is 13.1 Å². The van der Waals surface area contributed by atoms with Crippen LogP contribution in [0.1, 0.15) is 30.5 Å². The van der Waals surface area contributed by atoms with Gasteiger partial charge in [-0.25, -0.2) is 0 Å². The number of hydrogen-bond acceptors (Lipinski definition) is 2. The molecular weight excluding hydrogens is 208 g/mol. The molecule has 0 unspecified atom stereocenters. The van der Waals surface area contributed by atoms with Crippen molar-refractivity contribution in [2.45, 2.75) is 34.2 Å². The standard InChI is InChI=1S/C15H22N2/c1-12-6-7-14(8-13(12)2)9-17(5)11-15(3,4)10-16/h6-8H,9,11H2,1-5H3. The largest absolute Gasteiger partial charge is 0.301 e. The third-order valence-electron chi connectivity index (χ3n) is 2.99. The molecule has 0 atom stereocenters. The first-order valence-electron chi connectivity index (χ1n) is 6.00. The van der Waals surface area contributed by atoms with E-state index in [1.165, 1.54) is 16.7 Å². The predicted octanol–water partition coefficient (Wildman–Crippen LogP) is 3.29. The van der Waals surface area contributed by atoms with Gasteiger partial charge in [0, 0.05) is 13.1 Å². The van der Waals surface area contributed by atoms with Crippen LogP contribution in [0.3, 0.4) is 0 Å². The van der Waals surface area contributed by atoms with Gasteiger partial charge in [-0.3, -0.25) is 0 Å². The van der Waals surface area contributed by atoms with Crippen molar-refractivity contribution in [1.82, 2.24) is 4.90 Å². The summed E-state index contributed by atoms with van der Waals surface area (Å²) in [7, 11) is 2.06. The zero-order valence-electron chi connectivity index (χ0n) is 11.5. The van der Waals surface area contributed by atoms with E-state index in [-0.39, 0.29) is 5.41 Å². The number of hydrogen-bond donors (Lipinski definition) is 0. The van der Waals surface area contributed by atoms with Crippen molar-refractivity contribution in [1.29, 1.82) is 5.26 Å². The summed E-state index contributed by atoms with van der Waals surface area (Å²) < 4.78 is 0. The quantitative estimate of drug-likeness (QED) is 0.793. The Hall–Kier alpha value is -1.33. The molecule has 0 aliphatic rings. The molecule has 0 bridgehead atoms. The zero-order chi connectivity index (χ0) is 13.1. The predicted molar refractivity (Wildman–Crippen MR) is 71.6 cm³/mol. The van der Waals surface area contributed by atoms with Crippen LogP contribution < -0.4 is 0 Å². The molecule has 2 heteroatoms. The molecule has 17 heavy (non-hydrogen) atoms. The number of rotatable bonds is 4. The highest BCUT2D eigenvalue weighted by Crippen LogP contribution is 2.17. The van der Waals surface area contributed by atoms with Crippen molar-refractivity contribution in [2.24, 2.45) is 5.41 Å². The highest BCUT2D eigenvalue weighted by molar-refractivity contribution is 5.29. The number of benzene rings is 1. The third kappa shape index (κ3) is 4.20. The van der Waals surface area contributed by atoms with Crippen LogP contribution in [0.4, 0.5) is 0 Å². The van der Waals surface area contributed by atoms with Crippen LogP contribution in [0.25, 0.3) is 0 Å². The summed E-state index contributed by atoms with van der Waals surface area (Å²) in [6, 6.07) is 8.89. The highest BCUT2D eigenvalue weighted by atomic mass is 15.1. The lowest BCUT2D eigenvalue weighted by Gasteiger charge is -2.24. The van der Waals surface area contributed by atoms with Gasteiger partial charge in [0.1, 0.15) is 0 Å². The lowest BCUT2D eigenvalue weighted by molar-refractivity contribution is 0.248. The van der Waals surface area contributed by atoms with Gasteiger partial charge in [-0.05, 0) is 51.4 Å². The molecule has 0 fully saturated rings. The average Bonchev–Trinajstić information content (AvgIpc) is 2.23. The molecule has 0 aliphatic carbocycles. The monoisotopic (exact) mass is 230 g/mol. The number of aryl methyl sites for hydroxylation is 2. The molecule has 1 aromatic carbocycles. The smallest absolute Gasteiger partial charge is 0.0697 e. The molecule has 0 N–H and O–H groups in total. The Morgan fingerprint density at radius 2 is 1.88 bits per heavy atom. The zero-order valence-corrected chi connectivity index (χ0v) is 11.5. The van der Waals surface area contributed by atoms with E-state index in [1.54, 1.807) is 0 Å². The molecule has 0 saturated heterocycles. The molecule has 1 aromatic rings. The van der Waals surface area contributed by atoms with Gasteiger partial charge in [-0.15, -0.1) is 0 Å². The second-order valence-electron chi connectivity index (χ2n) is 5.59. The van der Waals surface area contributed by atoms with Gasteiger partial charge in [-0.1, -0.05) is 18.2 Å². The van der Waals surface area contributed by atoms with Crippen LogP contribution in [0.15, 0.2) is 18.2 Å². The number of nitrogens with zero attached hydrogens (tertiary/aromatic N) is 2. The second-order valence-corrected chi connectivity index (χ2v) is 5.59. The summed E-state index contributed by atoms with van der Waals surface area (Å²) in [5.41, 5.74) is 3.68. The molecule has 2 nitrogen and oxygen atoms in total. The van der Waals surface area contributed by atoms with Crippen LogP contribution in [-0.4, -0.2) is 18.5 Å². The Balaban J connectivity index is 2.66. The Morgan fingerprint density at radius 1 is 1.24 bits per heavy atom. The van der Waals surface area contributed by atoms with Gasteiger partial charge in [0.05, 0.1) is 11.5 Å². The van der Waals surface area contributed by atoms with Crippen LogP contribution >= 0.6 is 0 Å². The van der Waals surface area contributed by atoms with Crippen molar-refractivity contribution in [3.05, 3.63) is 34.9 Å². The van der Waals surface area contributed by atoms with E-state index in [1.807, 2.05) is 13.8 Å². The highest BCUT2D eigenvalue weighted by Gasteiger charge is 2.19. The molecule has 0 amide bonds. The van der Waals surface area contributed by atoms with Gasteiger partial charge in [0.15, 0.2) is 0 Å². The van der Waals surface area contributed by atoms with Gasteiger partial charge in [-0.2, -0.15) is 5.26 Å². The van der Waals surface area contributed by atoms with Gasteiger partial charge < -0.3 is 4.90 Å². The molecule has 0 spiro atoms. The molecule has 0 heterocycles. The third-order valence-corrected chi connectivity index (χ3v) is 2.99. The Labute approximate surface area is 105 Å². The topological polar surface area (TPSA) is 27.0 Å². The van der Waals surface area contributed by atoms with Crippen LogP contribution in [0.5, 0.6) is 0 Å². The van der Waals surface area contributed by atoms with E-state index in [4.69, 9.17) is 5.26 Å². The summed E-state index contributed by atoms with van der Waals surface area (Å²) in [5, 5.41) is 9.01. The van der Waals surface area contributed by atoms with Crippen molar-refractivity contribution >= 4 is 0 Å². The molecular formula is C15H22N2. The van der Waals surface area contributed by atoms with Gasteiger partial charge >= 0.3 is 0 Å². The Kier molecular flexibility index (Phi) is 4.31. The van der Waals surface area contributed by atoms with E-state index in [0.29, 0.717) is 0 Å². The summed E-state index contributed by atoms with van der Waals surface area (Å²) >= 11 is 0. The Morgan fingerprint density at radius 3 is 2.41 bits per heavy atom. The van der Waals surface area contributed by atoms with Crippen molar-refractivity contribution in [3.63, 3.8) is 0 Å². The maximum Gasteiger partial charge on any atom is 0.0697 e. The van der Waals surface area contributed by atoms with E-state index >= 15 is 0 Å². The van der Waals surface area contributed by atoms with Crippen molar-refractivity contribution in [2.75, 3.05) is 13.6 Å². The summed E-state index contributed by atoms with van der Waals surface area (Å²) in [5.74, 6) is 0. The van der Waals surface area contributed by atoms with E-state index in [2.05, 4.69) is 50.1 Å². The first kappa shape index (κ1) is 13.7. The lowest BCUT2D eigenvalue weighted by Crippen LogP contribution is -2.29. The van der Waals surface area contributed by atoms with Crippen LogP contribution in [0, 0.1) is 30.6 Å². The first-order valence-corrected chi connectivity index (χ1v) is 6.00. The summed E-state index contributed by atoms with van der Waals surface area (Å²) in [6.45, 7) is 9.90.